The van der Waals surface area contributed by atoms with Crippen LogP contribution in [0.4, 0.5) is 0 Å². The molecular formula is C12H23IN4OS. The van der Waals surface area contributed by atoms with Gasteiger partial charge in [-0.2, -0.15) is 0 Å². The first-order chi connectivity index (χ1) is 8.67. The molecule has 0 amide bonds. The van der Waals surface area contributed by atoms with Crippen molar-refractivity contribution in [3.8, 4) is 0 Å². The molecular weight excluding hydrogens is 375 g/mol. The number of hydrogen-bond donors (Lipinski definition) is 1. The van der Waals surface area contributed by atoms with Gasteiger partial charge in [-0.25, -0.2) is 4.98 Å². The predicted molar refractivity (Wildman–Crippen MR) is 91.6 cm³/mol. The van der Waals surface area contributed by atoms with Gasteiger partial charge in [0.05, 0.1) is 30.4 Å². The molecule has 1 aromatic rings. The van der Waals surface area contributed by atoms with Crippen molar-refractivity contribution >= 4 is 41.3 Å². The average Bonchev–Trinajstić information content (AvgIpc) is 2.74. The van der Waals surface area contributed by atoms with Crippen molar-refractivity contribution in [2.24, 2.45) is 4.99 Å². The maximum Gasteiger partial charge on any atom is 0.194 e. The van der Waals surface area contributed by atoms with E-state index in [1.807, 2.05) is 14.0 Å². The second kappa shape index (κ2) is 10.4. The lowest BCUT2D eigenvalue weighted by atomic mass is 10.4. The Morgan fingerprint density at radius 1 is 1.58 bits per heavy atom. The van der Waals surface area contributed by atoms with E-state index >= 15 is 0 Å². The van der Waals surface area contributed by atoms with Crippen molar-refractivity contribution in [1.29, 1.82) is 0 Å². The highest BCUT2D eigenvalue weighted by Crippen LogP contribution is 2.09. The van der Waals surface area contributed by atoms with Gasteiger partial charge < -0.3 is 15.0 Å². The molecule has 0 aliphatic heterocycles. The Balaban J connectivity index is 0.00000324. The first kappa shape index (κ1) is 18.6. The minimum atomic E-state index is 0. The van der Waals surface area contributed by atoms with E-state index < -0.39 is 0 Å². The quantitative estimate of drug-likeness (QED) is 0.345. The molecule has 110 valence electrons. The monoisotopic (exact) mass is 398 g/mol. The molecule has 0 aliphatic carbocycles. The molecule has 0 saturated carbocycles. The maximum atomic E-state index is 5.01. The molecule has 7 heteroatoms. The van der Waals surface area contributed by atoms with Gasteiger partial charge in [0.25, 0.3) is 0 Å². The van der Waals surface area contributed by atoms with E-state index in [2.05, 4.69) is 32.5 Å². The van der Waals surface area contributed by atoms with Gasteiger partial charge in [-0.3, -0.25) is 4.99 Å². The molecule has 0 atom stereocenters. The second-order valence-electron chi connectivity index (χ2n) is 3.94. The Labute approximate surface area is 136 Å². The smallest absolute Gasteiger partial charge is 0.194 e. The van der Waals surface area contributed by atoms with E-state index in [-0.39, 0.29) is 24.0 Å². The van der Waals surface area contributed by atoms with Crippen LogP contribution in [0.15, 0.2) is 10.4 Å². The number of nitrogens with one attached hydrogen (secondary N) is 1. The third-order valence-corrected chi connectivity index (χ3v) is 3.14. The molecule has 0 bridgehead atoms. The average molecular weight is 398 g/mol. The van der Waals surface area contributed by atoms with Crippen LogP contribution in [-0.2, 0) is 11.3 Å². The Morgan fingerprint density at radius 2 is 2.32 bits per heavy atom. The number of hydrogen-bond acceptors (Lipinski definition) is 4. The lowest BCUT2D eigenvalue weighted by Crippen LogP contribution is -2.38. The largest absolute Gasteiger partial charge is 0.383 e. The van der Waals surface area contributed by atoms with Crippen LogP contribution in [0.25, 0.3) is 0 Å². The van der Waals surface area contributed by atoms with E-state index in [0.717, 1.165) is 29.8 Å². The van der Waals surface area contributed by atoms with Crippen LogP contribution in [0.1, 0.15) is 17.6 Å². The SMILES string of the molecule is CCNC(=NCCOC)N(C)Cc1csc(C)n1.I. The lowest BCUT2D eigenvalue weighted by Gasteiger charge is -2.21. The Kier molecular flexibility index (Phi) is 10.2. The van der Waals surface area contributed by atoms with E-state index in [1.165, 1.54) is 0 Å². The molecule has 0 fully saturated rings. The molecule has 0 unspecified atom stereocenters. The van der Waals surface area contributed by atoms with Crippen LogP contribution in [0.5, 0.6) is 0 Å². The summed E-state index contributed by atoms with van der Waals surface area (Å²) in [4.78, 5) is 11.0. The highest BCUT2D eigenvalue weighted by atomic mass is 127. The zero-order valence-corrected chi connectivity index (χ0v) is 15.1. The Hall–Kier alpha value is -0.410. The van der Waals surface area contributed by atoms with Gasteiger partial charge in [0.15, 0.2) is 5.96 Å². The minimum absolute atomic E-state index is 0. The number of methoxy groups -OCH3 is 1. The number of guanidine groups is 1. The molecule has 19 heavy (non-hydrogen) atoms. The van der Waals surface area contributed by atoms with Gasteiger partial charge in [0.2, 0.25) is 0 Å². The number of aromatic nitrogens is 1. The predicted octanol–water partition coefficient (Wildman–Crippen LogP) is 2.11. The van der Waals surface area contributed by atoms with Crippen molar-refractivity contribution in [3.63, 3.8) is 0 Å². The fourth-order valence-electron chi connectivity index (χ4n) is 1.51. The maximum absolute atomic E-state index is 5.01. The Morgan fingerprint density at radius 3 is 2.84 bits per heavy atom. The molecule has 1 rings (SSSR count). The normalized spacial score (nSPS) is 11.1. The summed E-state index contributed by atoms with van der Waals surface area (Å²) in [6.07, 6.45) is 0. The van der Waals surface area contributed by atoms with Crippen molar-refractivity contribution in [2.45, 2.75) is 20.4 Å². The number of halogens is 1. The molecule has 1 aromatic heterocycles. The molecule has 0 aliphatic rings. The number of nitrogens with zero attached hydrogens (tertiary/aromatic N) is 3. The summed E-state index contributed by atoms with van der Waals surface area (Å²) in [6, 6.07) is 0. The van der Waals surface area contributed by atoms with Crippen LogP contribution in [0.3, 0.4) is 0 Å². The topological polar surface area (TPSA) is 49.8 Å². The number of aliphatic imine (C=N–C) groups is 1. The van der Waals surface area contributed by atoms with Crippen molar-refractivity contribution in [2.75, 3.05) is 33.9 Å². The molecule has 0 spiro atoms. The van der Waals surface area contributed by atoms with Crippen molar-refractivity contribution < 1.29 is 4.74 Å². The van der Waals surface area contributed by atoms with Gasteiger partial charge in [-0.15, -0.1) is 35.3 Å². The van der Waals surface area contributed by atoms with Gasteiger partial charge in [0, 0.05) is 26.1 Å². The Bertz CT molecular complexity index is 384. The number of rotatable bonds is 6. The highest BCUT2D eigenvalue weighted by molar-refractivity contribution is 14.0. The fourth-order valence-corrected chi connectivity index (χ4v) is 2.12. The molecule has 0 radical (unpaired) electrons. The highest BCUT2D eigenvalue weighted by Gasteiger charge is 2.08. The summed E-state index contributed by atoms with van der Waals surface area (Å²) < 4.78 is 5.01. The first-order valence-electron chi connectivity index (χ1n) is 6.06. The summed E-state index contributed by atoms with van der Waals surface area (Å²) in [5.41, 5.74) is 1.08. The summed E-state index contributed by atoms with van der Waals surface area (Å²) >= 11 is 1.67. The third-order valence-electron chi connectivity index (χ3n) is 2.32. The summed E-state index contributed by atoms with van der Waals surface area (Å²) in [7, 11) is 3.70. The van der Waals surface area contributed by atoms with Crippen molar-refractivity contribution in [1.82, 2.24) is 15.2 Å². The lowest BCUT2D eigenvalue weighted by molar-refractivity contribution is 0.207. The van der Waals surface area contributed by atoms with Gasteiger partial charge in [0.1, 0.15) is 0 Å². The second-order valence-corrected chi connectivity index (χ2v) is 5.00. The van der Waals surface area contributed by atoms with Crippen LogP contribution in [0, 0.1) is 6.92 Å². The minimum Gasteiger partial charge on any atom is -0.383 e. The van der Waals surface area contributed by atoms with E-state index in [4.69, 9.17) is 4.74 Å². The summed E-state index contributed by atoms with van der Waals surface area (Å²) in [5.74, 6) is 0.889. The number of thiazole rings is 1. The third kappa shape index (κ3) is 7.07. The fraction of sp³-hybridized carbons (Fsp3) is 0.667. The van der Waals surface area contributed by atoms with Crippen LogP contribution < -0.4 is 5.32 Å². The van der Waals surface area contributed by atoms with Gasteiger partial charge in [-0.05, 0) is 13.8 Å². The molecule has 1 heterocycles. The molecule has 1 N–H and O–H groups in total. The summed E-state index contributed by atoms with van der Waals surface area (Å²) in [5, 5.41) is 6.45. The first-order valence-corrected chi connectivity index (χ1v) is 6.94. The number of aryl methyl sites for hydroxylation is 1. The van der Waals surface area contributed by atoms with Crippen LogP contribution >= 0.6 is 35.3 Å². The van der Waals surface area contributed by atoms with Crippen LogP contribution in [-0.4, -0.2) is 49.7 Å². The van der Waals surface area contributed by atoms with Crippen molar-refractivity contribution in [3.05, 3.63) is 16.1 Å². The van der Waals surface area contributed by atoms with E-state index in [0.29, 0.717) is 13.2 Å². The van der Waals surface area contributed by atoms with Gasteiger partial charge in [-0.1, -0.05) is 0 Å². The number of ether oxygens (including phenoxy) is 1. The molecule has 0 saturated heterocycles. The zero-order valence-electron chi connectivity index (χ0n) is 12.0. The summed E-state index contributed by atoms with van der Waals surface area (Å²) in [6.45, 7) is 7.01. The van der Waals surface area contributed by atoms with E-state index in [9.17, 15) is 0 Å². The molecule has 0 aromatic carbocycles. The molecule has 5 nitrogen and oxygen atoms in total. The van der Waals surface area contributed by atoms with Crippen LogP contribution in [0.2, 0.25) is 0 Å². The zero-order chi connectivity index (χ0) is 13.4. The van der Waals surface area contributed by atoms with Gasteiger partial charge >= 0.3 is 0 Å². The van der Waals surface area contributed by atoms with E-state index in [1.54, 1.807) is 18.4 Å². The standard InChI is InChI=1S/C12H22N4OS.HI/c1-5-13-12(14-6-7-17-4)16(3)8-11-9-18-10(2)15-11;/h9H,5-8H2,1-4H3,(H,13,14);1H.